The van der Waals surface area contributed by atoms with Gasteiger partial charge in [0.1, 0.15) is 5.84 Å². The SMILES string of the molecule is N=C1CSC(=N)N1Cc1ccccc1. The summed E-state index contributed by atoms with van der Waals surface area (Å²) in [5.74, 6) is 1.16. The number of hydrogen-bond acceptors (Lipinski definition) is 3. The summed E-state index contributed by atoms with van der Waals surface area (Å²) in [6.45, 7) is 0.644. The molecule has 0 unspecified atom stereocenters. The molecule has 0 aliphatic carbocycles. The minimum Gasteiger partial charge on any atom is -0.305 e. The summed E-state index contributed by atoms with van der Waals surface area (Å²) in [6.07, 6.45) is 0. The first-order valence-electron chi connectivity index (χ1n) is 4.37. The van der Waals surface area contributed by atoms with E-state index in [1.165, 1.54) is 11.8 Å². The van der Waals surface area contributed by atoms with Crippen LogP contribution in [0.2, 0.25) is 0 Å². The smallest absolute Gasteiger partial charge is 0.162 e. The van der Waals surface area contributed by atoms with Gasteiger partial charge in [-0.05, 0) is 5.56 Å². The monoisotopic (exact) mass is 205 g/mol. The van der Waals surface area contributed by atoms with Crippen molar-refractivity contribution < 1.29 is 0 Å². The molecule has 0 aromatic heterocycles. The van der Waals surface area contributed by atoms with Gasteiger partial charge in [0.25, 0.3) is 0 Å². The van der Waals surface area contributed by atoms with Crippen LogP contribution in [0.15, 0.2) is 30.3 Å². The molecule has 1 heterocycles. The molecule has 1 saturated heterocycles. The first-order valence-corrected chi connectivity index (χ1v) is 5.36. The molecule has 1 aromatic carbocycles. The Labute approximate surface area is 87.1 Å². The van der Waals surface area contributed by atoms with Crippen LogP contribution in [-0.2, 0) is 6.54 Å². The summed E-state index contributed by atoms with van der Waals surface area (Å²) in [7, 11) is 0. The van der Waals surface area contributed by atoms with Crippen molar-refractivity contribution in [2.45, 2.75) is 6.54 Å². The Morgan fingerprint density at radius 1 is 1.21 bits per heavy atom. The molecule has 2 N–H and O–H groups in total. The second kappa shape index (κ2) is 3.84. The minimum atomic E-state index is 0.485. The van der Waals surface area contributed by atoms with E-state index in [4.69, 9.17) is 10.8 Å². The molecule has 0 spiro atoms. The predicted octanol–water partition coefficient (Wildman–Crippen LogP) is 2.15. The standard InChI is InChI=1S/C10H11N3S/c11-9-7-14-10(12)13(9)6-8-4-2-1-3-5-8/h1-5,11-12H,6-7H2. The molecule has 1 aliphatic rings. The zero-order valence-corrected chi connectivity index (χ0v) is 8.47. The summed E-state index contributed by atoms with van der Waals surface area (Å²) in [5.41, 5.74) is 1.14. The summed E-state index contributed by atoms with van der Waals surface area (Å²) in [6, 6.07) is 9.96. The van der Waals surface area contributed by atoms with Crippen LogP contribution >= 0.6 is 11.8 Å². The highest BCUT2D eigenvalue weighted by Crippen LogP contribution is 2.20. The van der Waals surface area contributed by atoms with Gasteiger partial charge in [-0.1, -0.05) is 42.1 Å². The molecule has 2 rings (SSSR count). The Kier molecular flexibility index (Phi) is 2.54. The Morgan fingerprint density at radius 2 is 1.93 bits per heavy atom. The first kappa shape index (κ1) is 9.27. The van der Waals surface area contributed by atoms with Gasteiger partial charge in [-0.2, -0.15) is 0 Å². The van der Waals surface area contributed by atoms with Crippen molar-refractivity contribution in [3.05, 3.63) is 35.9 Å². The highest BCUT2D eigenvalue weighted by atomic mass is 32.2. The molecule has 1 aromatic rings. The van der Waals surface area contributed by atoms with Gasteiger partial charge in [0.2, 0.25) is 0 Å². The van der Waals surface area contributed by atoms with Crippen LogP contribution in [0.3, 0.4) is 0 Å². The van der Waals surface area contributed by atoms with Crippen molar-refractivity contribution in [3.63, 3.8) is 0 Å². The van der Waals surface area contributed by atoms with Crippen LogP contribution in [0.4, 0.5) is 0 Å². The van der Waals surface area contributed by atoms with Crippen LogP contribution < -0.4 is 0 Å². The summed E-state index contributed by atoms with van der Waals surface area (Å²) in [4.78, 5) is 1.74. The Balaban J connectivity index is 2.11. The quantitative estimate of drug-likeness (QED) is 0.777. The van der Waals surface area contributed by atoms with Crippen molar-refractivity contribution in [2.24, 2.45) is 0 Å². The predicted molar refractivity (Wildman–Crippen MR) is 59.9 cm³/mol. The molecule has 0 saturated carbocycles. The number of amidine groups is 2. The van der Waals surface area contributed by atoms with E-state index in [-0.39, 0.29) is 0 Å². The third-order valence-corrected chi connectivity index (χ3v) is 3.01. The minimum absolute atomic E-state index is 0.485. The number of benzene rings is 1. The molecule has 4 heteroatoms. The molecule has 0 radical (unpaired) electrons. The molecule has 0 atom stereocenters. The van der Waals surface area contributed by atoms with E-state index >= 15 is 0 Å². The van der Waals surface area contributed by atoms with Gasteiger partial charge in [0.15, 0.2) is 5.17 Å². The van der Waals surface area contributed by atoms with Gasteiger partial charge in [0.05, 0.1) is 12.3 Å². The van der Waals surface area contributed by atoms with E-state index in [1.54, 1.807) is 4.90 Å². The fraction of sp³-hybridized carbons (Fsp3) is 0.200. The number of rotatable bonds is 2. The fourth-order valence-corrected chi connectivity index (χ4v) is 2.11. The van der Waals surface area contributed by atoms with Crippen molar-refractivity contribution in [1.82, 2.24) is 4.90 Å². The van der Waals surface area contributed by atoms with Crippen LogP contribution in [0, 0.1) is 10.8 Å². The molecule has 14 heavy (non-hydrogen) atoms. The molecule has 1 fully saturated rings. The van der Waals surface area contributed by atoms with Crippen LogP contribution in [-0.4, -0.2) is 21.7 Å². The Morgan fingerprint density at radius 3 is 2.50 bits per heavy atom. The van der Waals surface area contributed by atoms with Crippen molar-refractivity contribution in [1.29, 1.82) is 10.8 Å². The van der Waals surface area contributed by atoms with Gasteiger partial charge in [-0.15, -0.1) is 0 Å². The maximum absolute atomic E-state index is 7.65. The maximum atomic E-state index is 7.65. The summed E-state index contributed by atoms with van der Waals surface area (Å²) >= 11 is 1.42. The van der Waals surface area contributed by atoms with E-state index < -0.39 is 0 Å². The molecule has 1 aliphatic heterocycles. The molecular weight excluding hydrogens is 194 g/mol. The number of hydrogen-bond donors (Lipinski definition) is 2. The maximum Gasteiger partial charge on any atom is 0.162 e. The molecular formula is C10H11N3S. The lowest BCUT2D eigenvalue weighted by Crippen LogP contribution is -2.27. The lowest BCUT2D eigenvalue weighted by Gasteiger charge is -2.16. The Hall–Kier alpha value is -1.29. The molecule has 3 nitrogen and oxygen atoms in total. The van der Waals surface area contributed by atoms with Gasteiger partial charge in [-0.3, -0.25) is 10.8 Å². The van der Waals surface area contributed by atoms with Gasteiger partial charge < -0.3 is 4.90 Å². The number of nitrogens with one attached hydrogen (secondary N) is 2. The first-order chi connectivity index (χ1) is 6.77. The van der Waals surface area contributed by atoms with E-state index in [9.17, 15) is 0 Å². The van der Waals surface area contributed by atoms with Gasteiger partial charge in [-0.25, -0.2) is 0 Å². The molecule has 0 amide bonds. The summed E-state index contributed by atoms with van der Waals surface area (Å²) < 4.78 is 0. The lowest BCUT2D eigenvalue weighted by atomic mass is 10.2. The lowest BCUT2D eigenvalue weighted by molar-refractivity contribution is 0.611. The van der Waals surface area contributed by atoms with Crippen molar-refractivity contribution in [3.8, 4) is 0 Å². The highest BCUT2D eigenvalue weighted by molar-refractivity contribution is 8.14. The van der Waals surface area contributed by atoms with Crippen LogP contribution in [0.25, 0.3) is 0 Å². The molecule has 0 bridgehead atoms. The third kappa shape index (κ3) is 1.80. The fourth-order valence-electron chi connectivity index (χ4n) is 1.35. The average molecular weight is 205 g/mol. The van der Waals surface area contributed by atoms with E-state index in [0.29, 0.717) is 23.3 Å². The van der Waals surface area contributed by atoms with Gasteiger partial charge in [0, 0.05) is 0 Å². The van der Waals surface area contributed by atoms with Crippen LogP contribution in [0.5, 0.6) is 0 Å². The number of thioether (sulfide) groups is 1. The second-order valence-electron chi connectivity index (χ2n) is 3.11. The van der Waals surface area contributed by atoms with E-state index in [0.717, 1.165) is 5.56 Å². The number of nitrogens with zero attached hydrogens (tertiary/aromatic N) is 1. The van der Waals surface area contributed by atoms with E-state index in [2.05, 4.69) is 0 Å². The Bertz CT molecular complexity index is 345. The zero-order chi connectivity index (χ0) is 9.97. The molecule has 72 valence electrons. The van der Waals surface area contributed by atoms with Gasteiger partial charge >= 0.3 is 0 Å². The zero-order valence-electron chi connectivity index (χ0n) is 7.66. The highest BCUT2D eigenvalue weighted by Gasteiger charge is 2.23. The largest absolute Gasteiger partial charge is 0.305 e. The van der Waals surface area contributed by atoms with Crippen molar-refractivity contribution >= 4 is 22.8 Å². The average Bonchev–Trinajstić information content (AvgIpc) is 2.51. The van der Waals surface area contributed by atoms with E-state index in [1.807, 2.05) is 30.3 Å². The third-order valence-electron chi connectivity index (χ3n) is 2.10. The normalized spacial score (nSPS) is 16.4. The van der Waals surface area contributed by atoms with Crippen molar-refractivity contribution in [2.75, 3.05) is 5.75 Å². The summed E-state index contributed by atoms with van der Waals surface area (Å²) in [5, 5.41) is 15.8. The van der Waals surface area contributed by atoms with Crippen LogP contribution in [0.1, 0.15) is 5.56 Å². The topological polar surface area (TPSA) is 50.9 Å². The second-order valence-corrected chi connectivity index (χ2v) is 4.08.